The predicted octanol–water partition coefficient (Wildman–Crippen LogP) is 2.01. The van der Waals surface area contributed by atoms with E-state index >= 15 is 0 Å². The lowest BCUT2D eigenvalue weighted by Crippen LogP contribution is -2.35. The first kappa shape index (κ1) is 18.5. The molecule has 5 nitrogen and oxygen atoms in total. The molecule has 1 aromatic carbocycles. The lowest BCUT2D eigenvalue weighted by Gasteiger charge is -2.20. The molecular formula is C16H24ClN3O2. The van der Waals surface area contributed by atoms with Crippen LogP contribution in [0.1, 0.15) is 38.3 Å². The van der Waals surface area contributed by atoms with E-state index in [4.69, 9.17) is 5.73 Å². The van der Waals surface area contributed by atoms with Crippen LogP contribution in [0.25, 0.3) is 0 Å². The summed E-state index contributed by atoms with van der Waals surface area (Å²) in [6.07, 6.45) is 1.52. The van der Waals surface area contributed by atoms with Crippen LogP contribution in [-0.4, -0.2) is 24.9 Å². The van der Waals surface area contributed by atoms with Gasteiger partial charge in [-0.2, -0.15) is 0 Å². The molecule has 1 aromatic rings. The number of benzene rings is 1. The summed E-state index contributed by atoms with van der Waals surface area (Å²) < 4.78 is 0. The first-order valence-corrected chi connectivity index (χ1v) is 7.43. The van der Waals surface area contributed by atoms with Crippen molar-refractivity contribution in [2.24, 2.45) is 11.7 Å². The van der Waals surface area contributed by atoms with Gasteiger partial charge in [-0.25, -0.2) is 0 Å². The van der Waals surface area contributed by atoms with Crippen LogP contribution in [-0.2, 0) is 9.59 Å². The smallest absolute Gasteiger partial charge is 0.227 e. The van der Waals surface area contributed by atoms with Crippen molar-refractivity contribution in [1.29, 1.82) is 0 Å². The van der Waals surface area contributed by atoms with E-state index in [-0.39, 0.29) is 36.2 Å². The van der Waals surface area contributed by atoms with Gasteiger partial charge in [-0.05, 0) is 31.0 Å². The van der Waals surface area contributed by atoms with Crippen molar-refractivity contribution in [3.8, 4) is 0 Å². The molecule has 3 N–H and O–H groups in total. The quantitative estimate of drug-likeness (QED) is 0.869. The Morgan fingerprint density at radius 1 is 1.41 bits per heavy atom. The lowest BCUT2D eigenvalue weighted by molar-refractivity contribution is -0.124. The number of hydrogen-bond donors (Lipinski definition) is 2. The van der Waals surface area contributed by atoms with Crippen LogP contribution in [0, 0.1) is 5.92 Å². The average molecular weight is 326 g/mol. The van der Waals surface area contributed by atoms with Gasteiger partial charge in [-0.1, -0.05) is 19.1 Å². The monoisotopic (exact) mass is 325 g/mol. The summed E-state index contributed by atoms with van der Waals surface area (Å²) in [5.41, 5.74) is 7.40. The van der Waals surface area contributed by atoms with Gasteiger partial charge in [0.25, 0.3) is 0 Å². The summed E-state index contributed by atoms with van der Waals surface area (Å²) >= 11 is 0. The summed E-state index contributed by atoms with van der Waals surface area (Å²) in [6, 6.07) is 7.68. The third-order valence-corrected chi connectivity index (χ3v) is 3.92. The zero-order valence-corrected chi connectivity index (χ0v) is 13.9. The first-order chi connectivity index (χ1) is 10.0. The number of nitrogens with two attached hydrogens (primary N) is 1. The number of carbonyl (C=O) groups excluding carboxylic acids is 2. The molecule has 1 heterocycles. The predicted molar refractivity (Wildman–Crippen MR) is 90.1 cm³/mol. The van der Waals surface area contributed by atoms with Crippen molar-refractivity contribution in [3.05, 3.63) is 29.8 Å². The summed E-state index contributed by atoms with van der Waals surface area (Å²) in [6.45, 7) is 4.85. The van der Waals surface area contributed by atoms with Crippen LogP contribution in [0.5, 0.6) is 0 Å². The minimum atomic E-state index is -0.198. The number of anilines is 1. The molecule has 1 saturated heterocycles. The summed E-state index contributed by atoms with van der Waals surface area (Å²) in [7, 11) is 0. The van der Waals surface area contributed by atoms with Crippen LogP contribution < -0.4 is 16.0 Å². The highest BCUT2D eigenvalue weighted by atomic mass is 35.5. The Morgan fingerprint density at radius 3 is 2.73 bits per heavy atom. The minimum absolute atomic E-state index is 0. The molecule has 2 atom stereocenters. The van der Waals surface area contributed by atoms with Crippen LogP contribution in [0.4, 0.5) is 5.69 Å². The van der Waals surface area contributed by atoms with Crippen LogP contribution in [0.3, 0.4) is 0 Å². The van der Waals surface area contributed by atoms with Gasteiger partial charge in [0.2, 0.25) is 11.8 Å². The van der Waals surface area contributed by atoms with Crippen molar-refractivity contribution in [2.45, 2.75) is 32.7 Å². The molecule has 1 aliphatic heterocycles. The van der Waals surface area contributed by atoms with E-state index < -0.39 is 0 Å². The molecule has 2 unspecified atom stereocenters. The Bertz CT molecular complexity index is 536. The second-order valence-electron chi connectivity index (χ2n) is 5.61. The number of halogens is 1. The van der Waals surface area contributed by atoms with E-state index in [1.165, 1.54) is 0 Å². The largest absolute Gasteiger partial charge is 0.349 e. The maximum Gasteiger partial charge on any atom is 0.227 e. The third-order valence-electron chi connectivity index (χ3n) is 3.92. The molecule has 0 saturated carbocycles. The molecule has 6 heteroatoms. The molecule has 0 radical (unpaired) electrons. The van der Waals surface area contributed by atoms with Gasteiger partial charge in [-0.15, -0.1) is 12.4 Å². The van der Waals surface area contributed by atoms with Crippen molar-refractivity contribution >= 4 is 29.9 Å². The highest BCUT2D eigenvalue weighted by molar-refractivity contribution is 5.95. The zero-order valence-electron chi connectivity index (χ0n) is 13.0. The summed E-state index contributed by atoms with van der Waals surface area (Å²) in [5, 5.41) is 2.95. The molecule has 2 amide bonds. The number of hydrogen-bond acceptors (Lipinski definition) is 3. The van der Waals surface area contributed by atoms with E-state index in [1.54, 1.807) is 11.8 Å². The second kappa shape index (κ2) is 8.15. The Balaban J connectivity index is 0.00000242. The fraction of sp³-hybridized carbons (Fsp3) is 0.500. The molecule has 2 rings (SSSR count). The van der Waals surface area contributed by atoms with Crippen molar-refractivity contribution in [2.75, 3.05) is 18.0 Å². The van der Waals surface area contributed by atoms with E-state index in [0.29, 0.717) is 13.0 Å². The van der Waals surface area contributed by atoms with Crippen molar-refractivity contribution in [3.63, 3.8) is 0 Å². The Labute approximate surface area is 137 Å². The average Bonchev–Trinajstić information content (AvgIpc) is 2.92. The molecule has 1 fully saturated rings. The number of rotatable bonds is 5. The van der Waals surface area contributed by atoms with Crippen molar-refractivity contribution < 1.29 is 9.59 Å². The Hall–Kier alpha value is -1.59. The Morgan fingerprint density at radius 2 is 2.14 bits per heavy atom. The number of amides is 2. The summed E-state index contributed by atoms with van der Waals surface area (Å²) in [4.78, 5) is 25.5. The maximum atomic E-state index is 11.9. The summed E-state index contributed by atoms with van der Waals surface area (Å²) in [5.74, 6) is -0.0796. The molecular weight excluding hydrogens is 302 g/mol. The van der Waals surface area contributed by atoms with Gasteiger partial charge in [0.05, 0.1) is 6.04 Å². The topological polar surface area (TPSA) is 75.4 Å². The van der Waals surface area contributed by atoms with Gasteiger partial charge in [0.15, 0.2) is 0 Å². The molecule has 0 aromatic heterocycles. The van der Waals surface area contributed by atoms with Gasteiger partial charge in [0.1, 0.15) is 0 Å². The second-order valence-corrected chi connectivity index (χ2v) is 5.61. The molecule has 0 bridgehead atoms. The van der Waals surface area contributed by atoms with Crippen LogP contribution in [0.2, 0.25) is 0 Å². The number of carbonyl (C=O) groups is 2. The van der Waals surface area contributed by atoms with Crippen molar-refractivity contribution in [1.82, 2.24) is 5.32 Å². The molecule has 122 valence electrons. The third kappa shape index (κ3) is 4.21. The normalized spacial score (nSPS) is 16.9. The zero-order chi connectivity index (χ0) is 15.4. The van der Waals surface area contributed by atoms with E-state index in [9.17, 15) is 9.59 Å². The number of nitrogens with zero attached hydrogens (tertiary/aromatic N) is 1. The van der Waals surface area contributed by atoms with E-state index in [1.807, 2.05) is 31.2 Å². The SMILES string of the molecule is CC(CN)C(=O)NC(C)c1cccc(N2CCCC2=O)c1.Cl. The molecule has 0 aliphatic carbocycles. The van der Waals surface area contributed by atoms with Gasteiger partial charge < -0.3 is 16.0 Å². The fourth-order valence-electron chi connectivity index (χ4n) is 2.43. The number of nitrogens with one attached hydrogen (secondary N) is 1. The fourth-order valence-corrected chi connectivity index (χ4v) is 2.43. The maximum absolute atomic E-state index is 11.9. The molecule has 0 spiro atoms. The van der Waals surface area contributed by atoms with E-state index in [0.717, 1.165) is 24.2 Å². The molecule has 1 aliphatic rings. The van der Waals surface area contributed by atoms with Gasteiger partial charge >= 0.3 is 0 Å². The van der Waals surface area contributed by atoms with Crippen LogP contribution in [0.15, 0.2) is 24.3 Å². The van der Waals surface area contributed by atoms with E-state index in [2.05, 4.69) is 5.32 Å². The minimum Gasteiger partial charge on any atom is -0.349 e. The highest BCUT2D eigenvalue weighted by Crippen LogP contribution is 2.24. The highest BCUT2D eigenvalue weighted by Gasteiger charge is 2.22. The van der Waals surface area contributed by atoms with Gasteiger partial charge in [0, 0.05) is 31.1 Å². The first-order valence-electron chi connectivity index (χ1n) is 7.43. The van der Waals surface area contributed by atoms with Crippen LogP contribution >= 0.6 is 12.4 Å². The molecule has 22 heavy (non-hydrogen) atoms. The Kier molecular flexibility index (Phi) is 6.84. The standard InChI is InChI=1S/C16H23N3O2.ClH/c1-11(10-17)16(21)18-12(2)13-5-3-6-14(9-13)19-8-4-7-15(19)20;/h3,5-6,9,11-12H,4,7-8,10,17H2,1-2H3,(H,18,21);1H. The lowest BCUT2D eigenvalue weighted by atomic mass is 10.1. The van der Waals surface area contributed by atoms with Gasteiger partial charge in [-0.3, -0.25) is 9.59 Å².